The first-order valence-corrected chi connectivity index (χ1v) is 6.37. The van der Waals surface area contributed by atoms with Gasteiger partial charge in [0.15, 0.2) is 0 Å². The van der Waals surface area contributed by atoms with E-state index in [-0.39, 0.29) is 0 Å². The molecule has 0 saturated heterocycles. The number of para-hydroxylation sites is 1. The van der Waals surface area contributed by atoms with Crippen molar-refractivity contribution in [3.05, 3.63) is 43.5 Å². The summed E-state index contributed by atoms with van der Waals surface area (Å²) in [5.74, 6) is 0.945. The lowest BCUT2D eigenvalue weighted by molar-refractivity contribution is -0.158. The molecule has 102 valence electrons. The summed E-state index contributed by atoms with van der Waals surface area (Å²) in [5.41, 5.74) is 0. The van der Waals surface area contributed by atoms with E-state index in [4.69, 9.17) is 9.47 Å². The maximum Gasteiger partial charge on any atom is 0.204 e. The van der Waals surface area contributed by atoms with E-state index in [2.05, 4.69) is 27.0 Å². The minimum absolute atomic E-state index is 0.559. The van der Waals surface area contributed by atoms with Crippen LogP contribution in [-0.2, 0) is 4.74 Å². The van der Waals surface area contributed by atoms with E-state index in [1.54, 1.807) is 0 Å². The molecular weight excluding hydrogens is 224 g/mol. The Morgan fingerprint density at radius 1 is 1.11 bits per heavy atom. The zero-order valence-electron chi connectivity index (χ0n) is 12.1. The van der Waals surface area contributed by atoms with E-state index in [1.807, 2.05) is 44.2 Å². The molecule has 18 heavy (non-hydrogen) atoms. The number of hydrogen-bond acceptors (Lipinski definition) is 2. The van der Waals surface area contributed by atoms with Crippen LogP contribution in [0.2, 0.25) is 0 Å². The first kappa shape index (κ1) is 16.7. The Kier molecular flexibility index (Phi) is 8.14. The molecule has 1 aromatic rings. The lowest BCUT2D eigenvalue weighted by atomic mass is 10.1. The van der Waals surface area contributed by atoms with E-state index in [0.29, 0.717) is 5.92 Å². The van der Waals surface area contributed by atoms with Crippen molar-refractivity contribution in [3.63, 3.8) is 0 Å². The quantitative estimate of drug-likeness (QED) is 0.539. The Morgan fingerprint density at radius 3 is 2.17 bits per heavy atom. The van der Waals surface area contributed by atoms with Crippen LogP contribution in [0.15, 0.2) is 43.5 Å². The summed E-state index contributed by atoms with van der Waals surface area (Å²) in [5, 5.41) is 0. The molecule has 0 N–H and O–H groups in total. The maximum atomic E-state index is 5.76. The zero-order valence-corrected chi connectivity index (χ0v) is 12.1. The van der Waals surface area contributed by atoms with Gasteiger partial charge in [0.1, 0.15) is 5.75 Å². The van der Waals surface area contributed by atoms with Gasteiger partial charge in [0.25, 0.3) is 0 Å². The summed E-state index contributed by atoms with van der Waals surface area (Å²) in [4.78, 5) is 0. The van der Waals surface area contributed by atoms with Gasteiger partial charge >= 0.3 is 0 Å². The molecule has 0 heterocycles. The maximum absolute atomic E-state index is 5.76. The van der Waals surface area contributed by atoms with Crippen LogP contribution in [0.25, 0.3) is 0 Å². The predicted octanol–water partition coefficient (Wildman–Crippen LogP) is 4.67. The highest BCUT2D eigenvalue weighted by Gasteiger charge is 2.20. The van der Waals surface area contributed by atoms with E-state index >= 15 is 0 Å². The van der Waals surface area contributed by atoms with Crippen molar-refractivity contribution in [1.29, 1.82) is 0 Å². The molecule has 0 aliphatic carbocycles. The third kappa shape index (κ3) is 7.91. The summed E-state index contributed by atoms with van der Waals surface area (Å²) < 4.78 is 11.5. The van der Waals surface area contributed by atoms with Crippen LogP contribution < -0.4 is 4.74 Å². The van der Waals surface area contributed by atoms with Crippen molar-refractivity contribution in [1.82, 2.24) is 0 Å². The molecule has 2 nitrogen and oxygen atoms in total. The van der Waals surface area contributed by atoms with Crippen LogP contribution in [-0.4, -0.2) is 12.4 Å². The summed E-state index contributed by atoms with van der Waals surface area (Å²) in [6.07, 6.45) is 1.06. The standard InChI is InChI=1S/C14H22O2.C2H4/c1-12(2)10-11-15-14(3,4)16-13-8-6-5-7-9-13;1-2/h5-9,12H,10-11H2,1-4H3;1-2H2. The lowest BCUT2D eigenvalue weighted by Gasteiger charge is -2.27. The van der Waals surface area contributed by atoms with Crippen LogP contribution in [0.1, 0.15) is 34.1 Å². The summed E-state index contributed by atoms with van der Waals surface area (Å²) >= 11 is 0. The van der Waals surface area contributed by atoms with Crippen molar-refractivity contribution >= 4 is 0 Å². The minimum Gasteiger partial charge on any atom is -0.463 e. The topological polar surface area (TPSA) is 18.5 Å². The number of benzene rings is 1. The van der Waals surface area contributed by atoms with Gasteiger partial charge in [-0.3, -0.25) is 0 Å². The monoisotopic (exact) mass is 250 g/mol. The van der Waals surface area contributed by atoms with Gasteiger partial charge in [-0.25, -0.2) is 0 Å². The van der Waals surface area contributed by atoms with Gasteiger partial charge in [0, 0.05) is 13.8 Å². The van der Waals surface area contributed by atoms with Crippen molar-refractivity contribution < 1.29 is 9.47 Å². The van der Waals surface area contributed by atoms with Crippen LogP contribution in [0.5, 0.6) is 5.75 Å². The SMILES string of the molecule is C=C.CC(C)CCOC(C)(C)Oc1ccccc1. The van der Waals surface area contributed by atoms with Gasteiger partial charge in [-0.2, -0.15) is 0 Å². The number of ether oxygens (including phenoxy) is 2. The second-order valence-corrected chi connectivity index (χ2v) is 4.85. The van der Waals surface area contributed by atoms with Crippen molar-refractivity contribution in [2.75, 3.05) is 6.61 Å². The Balaban J connectivity index is 0.00000137. The normalized spacial score (nSPS) is 10.7. The summed E-state index contributed by atoms with van der Waals surface area (Å²) in [6, 6.07) is 9.76. The molecule has 0 aromatic heterocycles. The average Bonchev–Trinajstić information content (AvgIpc) is 2.31. The number of hydrogen-bond donors (Lipinski definition) is 0. The zero-order chi connectivity index (χ0) is 14.0. The van der Waals surface area contributed by atoms with Crippen LogP contribution in [0.3, 0.4) is 0 Å². The second kappa shape index (κ2) is 8.76. The first-order chi connectivity index (χ1) is 8.49. The molecule has 1 rings (SSSR count). The van der Waals surface area contributed by atoms with Crippen molar-refractivity contribution in [3.8, 4) is 5.75 Å². The predicted molar refractivity (Wildman–Crippen MR) is 77.8 cm³/mol. The van der Waals surface area contributed by atoms with Gasteiger partial charge in [-0.1, -0.05) is 32.0 Å². The molecule has 0 radical (unpaired) electrons. The number of rotatable bonds is 6. The van der Waals surface area contributed by atoms with Gasteiger partial charge in [0.05, 0.1) is 6.61 Å². The molecule has 2 heteroatoms. The van der Waals surface area contributed by atoms with Crippen LogP contribution in [0, 0.1) is 5.92 Å². The van der Waals surface area contributed by atoms with Crippen LogP contribution in [0.4, 0.5) is 0 Å². The fourth-order valence-electron chi connectivity index (χ4n) is 1.34. The van der Waals surface area contributed by atoms with E-state index in [1.165, 1.54) is 0 Å². The van der Waals surface area contributed by atoms with E-state index in [0.717, 1.165) is 18.8 Å². The summed E-state index contributed by atoms with van der Waals surface area (Å²) in [7, 11) is 0. The smallest absolute Gasteiger partial charge is 0.204 e. The first-order valence-electron chi connectivity index (χ1n) is 6.37. The summed E-state index contributed by atoms with van der Waals surface area (Å²) in [6.45, 7) is 15.0. The molecule has 0 aliphatic heterocycles. The lowest BCUT2D eigenvalue weighted by Crippen LogP contribution is -2.32. The molecule has 0 bridgehead atoms. The Hall–Kier alpha value is -1.28. The molecule has 1 aromatic carbocycles. The highest BCUT2D eigenvalue weighted by Crippen LogP contribution is 2.19. The van der Waals surface area contributed by atoms with Crippen LogP contribution >= 0.6 is 0 Å². The van der Waals surface area contributed by atoms with Crippen molar-refractivity contribution in [2.24, 2.45) is 5.92 Å². The molecule has 0 unspecified atom stereocenters. The van der Waals surface area contributed by atoms with Gasteiger partial charge in [0.2, 0.25) is 5.79 Å². The minimum atomic E-state index is -0.559. The fraction of sp³-hybridized carbons (Fsp3) is 0.500. The molecule has 0 fully saturated rings. The Morgan fingerprint density at radius 2 is 1.67 bits per heavy atom. The molecule has 0 atom stereocenters. The highest BCUT2D eigenvalue weighted by atomic mass is 16.7. The average molecular weight is 250 g/mol. The molecule has 0 saturated carbocycles. The Labute approximate surface area is 112 Å². The molecule has 0 amide bonds. The second-order valence-electron chi connectivity index (χ2n) is 4.85. The Bertz CT molecular complexity index is 304. The van der Waals surface area contributed by atoms with E-state index in [9.17, 15) is 0 Å². The van der Waals surface area contributed by atoms with Gasteiger partial charge in [-0.05, 0) is 24.5 Å². The van der Waals surface area contributed by atoms with Gasteiger partial charge in [-0.15, -0.1) is 13.2 Å². The third-order valence-corrected chi connectivity index (χ3v) is 2.25. The highest BCUT2D eigenvalue weighted by molar-refractivity contribution is 5.21. The largest absolute Gasteiger partial charge is 0.463 e. The third-order valence-electron chi connectivity index (χ3n) is 2.25. The fourth-order valence-corrected chi connectivity index (χ4v) is 1.34. The molecular formula is C16H26O2. The molecule has 0 aliphatic rings. The van der Waals surface area contributed by atoms with Gasteiger partial charge < -0.3 is 9.47 Å². The van der Waals surface area contributed by atoms with Crippen molar-refractivity contribution in [2.45, 2.75) is 39.9 Å². The van der Waals surface area contributed by atoms with E-state index < -0.39 is 5.79 Å². The molecule has 0 spiro atoms.